The normalized spacial score (nSPS) is 15.9. The predicted molar refractivity (Wildman–Crippen MR) is 119 cm³/mol. The molecule has 5 heteroatoms. The van der Waals surface area contributed by atoms with E-state index in [0.717, 1.165) is 54.6 Å². The third kappa shape index (κ3) is 3.55. The molecule has 1 aliphatic carbocycles. The van der Waals surface area contributed by atoms with Crippen LogP contribution in [0, 0.1) is 5.41 Å². The molecule has 0 atom stereocenters. The van der Waals surface area contributed by atoms with Crippen LogP contribution in [0.5, 0.6) is 0 Å². The highest BCUT2D eigenvalue weighted by atomic mass is 32.1. The van der Waals surface area contributed by atoms with Gasteiger partial charge in [0, 0.05) is 30.1 Å². The number of nitrogens with zero attached hydrogens (tertiary/aromatic N) is 1. The number of hydrogen-bond donors (Lipinski definition) is 2. The van der Waals surface area contributed by atoms with Gasteiger partial charge in [-0.3, -0.25) is 4.79 Å². The number of aromatic nitrogens is 2. The van der Waals surface area contributed by atoms with Crippen molar-refractivity contribution >= 4 is 38.4 Å². The molecule has 0 unspecified atom stereocenters. The summed E-state index contributed by atoms with van der Waals surface area (Å²) < 4.78 is 1.20. The van der Waals surface area contributed by atoms with E-state index in [2.05, 4.69) is 46.8 Å². The Morgan fingerprint density at radius 1 is 1.10 bits per heavy atom. The summed E-state index contributed by atoms with van der Waals surface area (Å²) in [6.07, 6.45) is 7.83. The summed E-state index contributed by atoms with van der Waals surface area (Å²) in [5, 5.41) is 5.57. The highest BCUT2D eigenvalue weighted by Gasteiger charge is 2.41. The largest absolute Gasteiger partial charge is 0.361 e. The maximum absolute atomic E-state index is 13.2. The molecule has 0 aliphatic heterocycles. The highest BCUT2D eigenvalue weighted by molar-refractivity contribution is 7.18. The number of benzene rings is 2. The van der Waals surface area contributed by atoms with Gasteiger partial charge in [-0.2, -0.15) is 0 Å². The van der Waals surface area contributed by atoms with Gasteiger partial charge >= 0.3 is 0 Å². The Morgan fingerprint density at radius 3 is 2.76 bits per heavy atom. The number of thiazole rings is 1. The number of nitrogens with one attached hydrogen (secondary N) is 2. The predicted octanol–water partition coefficient (Wildman–Crippen LogP) is 5.24. The molecule has 4 aromatic rings. The quantitative estimate of drug-likeness (QED) is 0.463. The van der Waals surface area contributed by atoms with Crippen molar-refractivity contribution in [3.05, 3.63) is 65.3 Å². The molecule has 1 saturated carbocycles. The van der Waals surface area contributed by atoms with Gasteiger partial charge in [-0.15, -0.1) is 11.3 Å². The lowest BCUT2D eigenvalue weighted by atomic mass is 9.82. The maximum Gasteiger partial charge on any atom is 0.226 e. The highest BCUT2D eigenvalue weighted by Crippen LogP contribution is 2.42. The fourth-order valence-corrected chi connectivity index (χ4v) is 5.77. The first-order chi connectivity index (χ1) is 14.2. The minimum atomic E-state index is -0.298. The van der Waals surface area contributed by atoms with Crippen molar-refractivity contribution in [2.75, 3.05) is 6.54 Å². The lowest BCUT2D eigenvalue weighted by molar-refractivity contribution is -0.130. The second-order valence-electron chi connectivity index (χ2n) is 8.10. The molecule has 1 aliphatic rings. The second-order valence-corrected chi connectivity index (χ2v) is 9.22. The Bertz CT molecular complexity index is 1120. The zero-order valence-corrected chi connectivity index (χ0v) is 17.2. The van der Waals surface area contributed by atoms with Gasteiger partial charge in [0.2, 0.25) is 5.91 Å². The molecule has 0 bridgehead atoms. The van der Waals surface area contributed by atoms with Gasteiger partial charge in [0.05, 0.1) is 20.6 Å². The van der Waals surface area contributed by atoms with E-state index in [9.17, 15) is 4.79 Å². The molecule has 2 heterocycles. The summed E-state index contributed by atoms with van der Waals surface area (Å²) >= 11 is 1.73. The summed E-state index contributed by atoms with van der Waals surface area (Å²) in [5.41, 5.74) is 3.15. The van der Waals surface area contributed by atoms with E-state index in [4.69, 9.17) is 4.98 Å². The molecule has 0 spiro atoms. The van der Waals surface area contributed by atoms with Gasteiger partial charge in [-0.1, -0.05) is 43.2 Å². The Kier molecular flexibility index (Phi) is 4.84. The Labute approximate surface area is 174 Å². The van der Waals surface area contributed by atoms with Crippen molar-refractivity contribution < 1.29 is 4.79 Å². The molecule has 148 valence electrons. The fourth-order valence-electron chi connectivity index (χ4n) is 4.66. The van der Waals surface area contributed by atoms with Crippen LogP contribution in [0.4, 0.5) is 0 Å². The number of carbonyl (C=O) groups excluding carboxylic acids is 1. The molecule has 1 fully saturated rings. The van der Waals surface area contributed by atoms with Gasteiger partial charge < -0.3 is 10.3 Å². The molecular weight excluding hydrogens is 378 g/mol. The van der Waals surface area contributed by atoms with Crippen molar-refractivity contribution in [2.45, 2.75) is 38.5 Å². The first kappa shape index (κ1) is 18.4. The molecule has 2 aromatic heterocycles. The molecule has 2 aromatic carbocycles. The lowest BCUT2D eigenvalue weighted by Crippen LogP contribution is -2.41. The zero-order valence-electron chi connectivity index (χ0n) is 16.4. The van der Waals surface area contributed by atoms with Crippen molar-refractivity contribution in [1.82, 2.24) is 15.3 Å². The smallest absolute Gasteiger partial charge is 0.226 e. The van der Waals surface area contributed by atoms with Gasteiger partial charge in [0.1, 0.15) is 0 Å². The van der Waals surface area contributed by atoms with E-state index < -0.39 is 0 Å². The third-order valence-electron chi connectivity index (χ3n) is 6.22. The molecular formula is C24H25N3OS. The summed E-state index contributed by atoms with van der Waals surface area (Å²) in [6, 6.07) is 16.6. The van der Waals surface area contributed by atoms with Gasteiger partial charge in [-0.25, -0.2) is 4.98 Å². The number of H-pyrrole nitrogens is 1. The zero-order chi connectivity index (χ0) is 19.7. The number of amides is 1. The van der Waals surface area contributed by atoms with Crippen LogP contribution in [-0.4, -0.2) is 22.4 Å². The first-order valence-electron chi connectivity index (χ1n) is 10.4. The minimum Gasteiger partial charge on any atom is -0.361 e. The van der Waals surface area contributed by atoms with Crippen LogP contribution in [0.15, 0.2) is 54.7 Å². The van der Waals surface area contributed by atoms with E-state index in [-0.39, 0.29) is 11.3 Å². The average Bonchev–Trinajstić information content (AvgIpc) is 3.47. The van der Waals surface area contributed by atoms with Crippen LogP contribution in [0.1, 0.15) is 36.3 Å². The van der Waals surface area contributed by atoms with Crippen molar-refractivity contribution in [3.63, 3.8) is 0 Å². The fraction of sp³-hybridized carbons (Fsp3) is 0.333. The van der Waals surface area contributed by atoms with Crippen LogP contribution in [0.2, 0.25) is 0 Å². The van der Waals surface area contributed by atoms with E-state index in [1.54, 1.807) is 11.3 Å². The Hall–Kier alpha value is -2.66. The molecule has 0 radical (unpaired) electrons. The van der Waals surface area contributed by atoms with E-state index in [1.807, 2.05) is 18.2 Å². The average molecular weight is 404 g/mol. The Morgan fingerprint density at radius 2 is 1.90 bits per heavy atom. The van der Waals surface area contributed by atoms with Gasteiger partial charge in [0.25, 0.3) is 0 Å². The summed E-state index contributed by atoms with van der Waals surface area (Å²) in [5.74, 6) is 0.203. The number of aromatic amines is 1. The monoisotopic (exact) mass is 403 g/mol. The molecule has 5 rings (SSSR count). The molecule has 0 saturated heterocycles. The third-order valence-corrected chi connectivity index (χ3v) is 7.26. The van der Waals surface area contributed by atoms with Crippen LogP contribution < -0.4 is 5.32 Å². The lowest BCUT2D eigenvalue weighted by Gasteiger charge is -2.26. The van der Waals surface area contributed by atoms with E-state index >= 15 is 0 Å². The van der Waals surface area contributed by atoms with Crippen molar-refractivity contribution in [2.24, 2.45) is 5.41 Å². The minimum absolute atomic E-state index is 0.203. The molecule has 29 heavy (non-hydrogen) atoms. The SMILES string of the molecule is O=C(NCCc1c[nH]c2ccccc12)C1(Cc2nc3ccccc3s2)CCCC1. The van der Waals surface area contributed by atoms with E-state index in [0.29, 0.717) is 6.54 Å². The summed E-state index contributed by atoms with van der Waals surface area (Å²) in [6.45, 7) is 0.669. The van der Waals surface area contributed by atoms with Crippen LogP contribution in [-0.2, 0) is 17.6 Å². The second kappa shape index (κ2) is 7.64. The number of rotatable bonds is 6. The topological polar surface area (TPSA) is 57.8 Å². The molecule has 1 amide bonds. The van der Waals surface area contributed by atoms with E-state index in [1.165, 1.54) is 15.6 Å². The maximum atomic E-state index is 13.2. The number of carbonyl (C=O) groups is 1. The molecule has 2 N–H and O–H groups in total. The summed E-state index contributed by atoms with van der Waals surface area (Å²) in [7, 11) is 0. The molecule has 4 nitrogen and oxygen atoms in total. The van der Waals surface area contributed by atoms with Crippen LogP contribution in [0.25, 0.3) is 21.1 Å². The van der Waals surface area contributed by atoms with Crippen LogP contribution >= 0.6 is 11.3 Å². The van der Waals surface area contributed by atoms with Crippen molar-refractivity contribution in [1.29, 1.82) is 0 Å². The van der Waals surface area contributed by atoms with Crippen molar-refractivity contribution in [3.8, 4) is 0 Å². The Balaban J connectivity index is 1.28. The summed E-state index contributed by atoms with van der Waals surface area (Å²) in [4.78, 5) is 21.3. The van der Waals surface area contributed by atoms with Gasteiger partial charge in [-0.05, 0) is 43.0 Å². The van der Waals surface area contributed by atoms with Crippen LogP contribution in [0.3, 0.4) is 0 Å². The number of fused-ring (bicyclic) bond motifs is 2. The first-order valence-corrected chi connectivity index (χ1v) is 11.2. The van der Waals surface area contributed by atoms with Gasteiger partial charge in [0.15, 0.2) is 0 Å². The number of para-hydroxylation sites is 2. The standard InChI is InChI=1S/C24H25N3OS/c28-23(25-14-11-17-16-26-19-8-2-1-7-18(17)19)24(12-5-6-13-24)15-22-27-20-9-3-4-10-21(20)29-22/h1-4,7-10,16,26H,5-6,11-15H2,(H,25,28). The number of hydrogen-bond acceptors (Lipinski definition) is 3.